The minimum Gasteiger partial charge on any atom is -0.385 e. The lowest BCUT2D eigenvalue weighted by molar-refractivity contribution is -0.384. The van der Waals surface area contributed by atoms with Crippen LogP contribution in [0.15, 0.2) is 18.2 Å². The van der Waals surface area contributed by atoms with Crippen molar-refractivity contribution >= 4 is 17.3 Å². The highest BCUT2D eigenvalue weighted by Gasteiger charge is 2.15. The zero-order valence-corrected chi connectivity index (χ0v) is 10.9. The highest BCUT2D eigenvalue weighted by atomic mass is 16.6. The van der Waals surface area contributed by atoms with E-state index in [1.807, 2.05) is 0 Å². The van der Waals surface area contributed by atoms with Crippen molar-refractivity contribution in [3.05, 3.63) is 33.9 Å². The molecule has 0 spiro atoms. The number of hydrogen-bond acceptors (Lipinski definition) is 5. The summed E-state index contributed by atoms with van der Waals surface area (Å²) >= 11 is 0. The first-order valence-corrected chi connectivity index (χ1v) is 5.76. The van der Waals surface area contributed by atoms with Gasteiger partial charge in [-0.2, -0.15) is 0 Å². The van der Waals surface area contributed by atoms with Gasteiger partial charge < -0.3 is 15.8 Å². The molecule has 1 aromatic rings. The summed E-state index contributed by atoms with van der Waals surface area (Å²) in [7, 11) is 1.53. The molecule has 1 aromatic carbocycles. The van der Waals surface area contributed by atoms with E-state index in [0.29, 0.717) is 24.3 Å². The summed E-state index contributed by atoms with van der Waals surface area (Å²) in [6, 6.07) is 3.56. The molecule has 1 atom stereocenters. The third-order valence-corrected chi connectivity index (χ3v) is 2.65. The van der Waals surface area contributed by atoms with Gasteiger partial charge in [-0.3, -0.25) is 14.9 Å². The molecule has 0 aliphatic rings. The minimum atomic E-state index is -0.672. The molecule has 104 valence electrons. The Morgan fingerprint density at radius 2 is 2.26 bits per heavy atom. The predicted octanol–water partition coefficient (Wildman–Crippen LogP) is 1.21. The first-order chi connectivity index (χ1) is 8.95. The zero-order chi connectivity index (χ0) is 14.4. The molecule has 0 aliphatic carbocycles. The van der Waals surface area contributed by atoms with Gasteiger partial charge in [-0.15, -0.1) is 0 Å². The lowest BCUT2D eigenvalue weighted by Gasteiger charge is -2.13. The fourth-order valence-electron chi connectivity index (χ4n) is 1.50. The molecule has 0 aromatic heterocycles. The summed E-state index contributed by atoms with van der Waals surface area (Å²) in [6.45, 7) is 2.08. The fourth-order valence-corrected chi connectivity index (χ4v) is 1.50. The van der Waals surface area contributed by atoms with Crippen LogP contribution in [0.4, 0.5) is 11.4 Å². The Hall–Kier alpha value is -1.99. The number of benzene rings is 1. The van der Waals surface area contributed by atoms with E-state index in [1.165, 1.54) is 25.3 Å². The van der Waals surface area contributed by atoms with Crippen LogP contribution in [0.25, 0.3) is 0 Å². The minimum absolute atomic E-state index is 0.0146. The molecule has 19 heavy (non-hydrogen) atoms. The number of ether oxygens (including phenoxy) is 1. The van der Waals surface area contributed by atoms with E-state index in [4.69, 9.17) is 10.5 Å². The van der Waals surface area contributed by atoms with Gasteiger partial charge in [0, 0.05) is 31.5 Å². The smallest absolute Gasteiger partial charge is 0.269 e. The maximum atomic E-state index is 11.8. The van der Waals surface area contributed by atoms with Crippen LogP contribution in [-0.4, -0.2) is 30.6 Å². The molecule has 0 saturated carbocycles. The number of nitrogens with zero attached hydrogens (tertiary/aromatic N) is 1. The lowest BCUT2D eigenvalue weighted by Crippen LogP contribution is -2.36. The van der Waals surface area contributed by atoms with E-state index in [1.54, 1.807) is 6.92 Å². The van der Waals surface area contributed by atoms with Crippen molar-refractivity contribution in [2.75, 3.05) is 19.0 Å². The standard InChI is InChI=1S/C12H17N3O4/c1-8-7-9(15(17)18)3-4-11(8)14-12(16)10(13)5-6-19-2/h3-4,7,10H,5-6,13H2,1-2H3,(H,14,16). The Labute approximate surface area is 110 Å². The predicted molar refractivity (Wildman–Crippen MR) is 70.9 cm³/mol. The summed E-state index contributed by atoms with van der Waals surface area (Å²) in [5.41, 5.74) is 6.79. The third kappa shape index (κ3) is 4.31. The first kappa shape index (κ1) is 15.1. The Morgan fingerprint density at radius 1 is 1.58 bits per heavy atom. The number of nitrogens with two attached hydrogens (primary N) is 1. The van der Waals surface area contributed by atoms with Gasteiger partial charge in [0.1, 0.15) is 0 Å². The average molecular weight is 267 g/mol. The number of carbonyl (C=O) groups is 1. The normalized spacial score (nSPS) is 11.9. The Balaban J connectivity index is 2.72. The monoisotopic (exact) mass is 267 g/mol. The largest absolute Gasteiger partial charge is 0.385 e. The fraction of sp³-hybridized carbons (Fsp3) is 0.417. The highest BCUT2D eigenvalue weighted by Crippen LogP contribution is 2.21. The van der Waals surface area contributed by atoms with Crippen LogP contribution >= 0.6 is 0 Å². The summed E-state index contributed by atoms with van der Waals surface area (Å²) in [5.74, 6) is -0.339. The van der Waals surface area contributed by atoms with Crippen LogP contribution < -0.4 is 11.1 Å². The summed E-state index contributed by atoms with van der Waals surface area (Å²) in [4.78, 5) is 21.9. The number of aryl methyl sites for hydroxylation is 1. The quantitative estimate of drug-likeness (QED) is 0.595. The van der Waals surface area contributed by atoms with Crippen LogP contribution in [-0.2, 0) is 9.53 Å². The lowest BCUT2D eigenvalue weighted by atomic mass is 10.1. The molecule has 0 fully saturated rings. The molecule has 7 heteroatoms. The van der Waals surface area contributed by atoms with Gasteiger partial charge in [-0.1, -0.05) is 0 Å². The molecular weight excluding hydrogens is 250 g/mol. The molecule has 0 heterocycles. The molecule has 0 bridgehead atoms. The number of nitro benzene ring substituents is 1. The maximum Gasteiger partial charge on any atom is 0.269 e. The van der Waals surface area contributed by atoms with Gasteiger partial charge in [0.05, 0.1) is 11.0 Å². The number of rotatable bonds is 6. The summed E-state index contributed by atoms with van der Waals surface area (Å²) < 4.78 is 4.84. The molecule has 1 amide bonds. The number of hydrogen-bond donors (Lipinski definition) is 2. The van der Waals surface area contributed by atoms with E-state index in [-0.39, 0.29) is 11.6 Å². The van der Waals surface area contributed by atoms with E-state index in [0.717, 1.165) is 0 Å². The number of non-ortho nitro benzene ring substituents is 1. The van der Waals surface area contributed by atoms with E-state index in [2.05, 4.69) is 5.32 Å². The van der Waals surface area contributed by atoms with Crippen LogP contribution in [0, 0.1) is 17.0 Å². The molecule has 1 unspecified atom stereocenters. The topological polar surface area (TPSA) is 107 Å². The van der Waals surface area contributed by atoms with Gasteiger partial charge >= 0.3 is 0 Å². The van der Waals surface area contributed by atoms with Crippen molar-refractivity contribution < 1.29 is 14.5 Å². The first-order valence-electron chi connectivity index (χ1n) is 5.76. The highest BCUT2D eigenvalue weighted by molar-refractivity contribution is 5.95. The number of amides is 1. The number of nitro groups is 1. The number of anilines is 1. The maximum absolute atomic E-state index is 11.8. The van der Waals surface area contributed by atoms with Crippen molar-refractivity contribution in [1.82, 2.24) is 0 Å². The van der Waals surface area contributed by atoms with Gasteiger partial charge in [0.15, 0.2) is 0 Å². The van der Waals surface area contributed by atoms with E-state index < -0.39 is 11.0 Å². The van der Waals surface area contributed by atoms with Gasteiger partial charge in [-0.25, -0.2) is 0 Å². The van der Waals surface area contributed by atoms with Gasteiger partial charge in [0.25, 0.3) is 5.69 Å². The van der Waals surface area contributed by atoms with Crippen LogP contribution in [0.5, 0.6) is 0 Å². The second-order valence-corrected chi connectivity index (χ2v) is 4.13. The number of carbonyl (C=O) groups excluding carboxylic acids is 1. The molecule has 0 aliphatic heterocycles. The average Bonchev–Trinajstić information content (AvgIpc) is 2.37. The SMILES string of the molecule is COCCC(N)C(=O)Nc1ccc([N+](=O)[O-])cc1C. The molecule has 7 nitrogen and oxygen atoms in total. The zero-order valence-electron chi connectivity index (χ0n) is 10.9. The van der Waals surface area contributed by atoms with Crippen molar-refractivity contribution in [2.24, 2.45) is 5.73 Å². The van der Waals surface area contributed by atoms with Crippen LogP contribution in [0.3, 0.4) is 0 Å². The second kappa shape index (κ2) is 6.81. The molecule has 0 radical (unpaired) electrons. The molecule has 1 rings (SSSR count). The van der Waals surface area contributed by atoms with Crippen molar-refractivity contribution in [3.8, 4) is 0 Å². The van der Waals surface area contributed by atoms with Crippen LogP contribution in [0.2, 0.25) is 0 Å². The third-order valence-electron chi connectivity index (χ3n) is 2.65. The van der Waals surface area contributed by atoms with Crippen molar-refractivity contribution in [2.45, 2.75) is 19.4 Å². The van der Waals surface area contributed by atoms with Gasteiger partial charge in [-0.05, 0) is 25.0 Å². The Bertz CT molecular complexity index is 476. The summed E-state index contributed by atoms with van der Waals surface area (Å²) in [5, 5.41) is 13.2. The Kier molecular flexibility index (Phi) is 5.40. The van der Waals surface area contributed by atoms with Crippen molar-refractivity contribution in [1.29, 1.82) is 0 Å². The van der Waals surface area contributed by atoms with Crippen LogP contribution in [0.1, 0.15) is 12.0 Å². The van der Waals surface area contributed by atoms with Gasteiger partial charge in [0.2, 0.25) is 5.91 Å². The van der Waals surface area contributed by atoms with Crippen molar-refractivity contribution in [3.63, 3.8) is 0 Å². The van der Waals surface area contributed by atoms with E-state index >= 15 is 0 Å². The molecular formula is C12H17N3O4. The second-order valence-electron chi connectivity index (χ2n) is 4.13. The summed E-state index contributed by atoms with van der Waals surface area (Å²) in [6.07, 6.45) is 0.411. The molecule has 0 saturated heterocycles. The Morgan fingerprint density at radius 3 is 2.79 bits per heavy atom. The number of methoxy groups -OCH3 is 1. The molecule has 3 N–H and O–H groups in total. The number of nitrogens with one attached hydrogen (secondary N) is 1. The van der Waals surface area contributed by atoms with E-state index in [9.17, 15) is 14.9 Å².